The molecule has 2 aromatic heterocycles. The lowest BCUT2D eigenvalue weighted by Gasteiger charge is -2.31. The van der Waals surface area contributed by atoms with E-state index in [4.69, 9.17) is 16.3 Å². The Hall–Kier alpha value is -1.86. The molecule has 0 spiro atoms. The summed E-state index contributed by atoms with van der Waals surface area (Å²) >= 11 is 9.74. The number of quaternary nitrogens is 1. The summed E-state index contributed by atoms with van der Waals surface area (Å²) in [6, 6.07) is 12.0. The zero-order chi connectivity index (χ0) is 18.8. The highest BCUT2D eigenvalue weighted by Gasteiger charge is 2.35. The van der Waals surface area contributed by atoms with Gasteiger partial charge in [0.2, 0.25) is 0 Å². The Balaban J connectivity index is 1.51. The molecule has 0 saturated carbocycles. The number of fused-ring (bicyclic) bond motifs is 1. The van der Waals surface area contributed by atoms with Gasteiger partial charge in [0, 0.05) is 22.5 Å². The van der Waals surface area contributed by atoms with Crippen molar-refractivity contribution in [1.29, 1.82) is 0 Å². The topological polar surface area (TPSA) is 42.8 Å². The Morgan fingerprint density at radius 2 is 2.19 bits per heavy atom. The number of thiophene rings is 2. The molecule has 0 radical (unpaired) electrons. The van der Waals surface area contributed by atoms with Crippen molar-refractivity contribution >= 4 is 45.9 Å². The van der Waals surface area contributed by atoms with Crippen molar-refractivity contribution in [2.45, 2.75) is 12.5 Å². The number of benzene rings is 1. The summed E-state index contributed by atoms with van der Waals surface area (Å²) in [5, 5.41) is 7.72. The number of hydrogen-bond acceptors (Lipinski definition) is 4. The van der Waals surface area contributed by atoms with Gasteiger partial charge in [0.05, 0.1) is 23.6 Å². The molecule has 1 amide bonds. The Kier molecular flexibility index (Phi) is 5.50. The van der Waals surface area contributed by atoms with Gasteiger partial charge >= 0.3 is 0 Å². The molecule has 2 atom stereocenters. The minimum Gasteiger partial charge on any atom is -0.495 e. The van der Waals surface area contributed by atoms with Crippen molar-refractivity contribution in [2.75, 3.05) is 25.5 Å². The number of amides is 1. The lowest BCUT2D eigenvalue weighted by molar-refractivity contribution is -0.919. The summed E-state index contributed by atoms with van der Waals surface area (Å²) in [5.74, 6) is 0.588. The number of anilines is 1. The van der Waals surface area contributed by atoms with Crippen LogP contribution < -0.4 is 15.0 Å². The predicted octanol–water partition coefficient (Wildman–Crippen LogP) is 3.64. The second kappa shape index (κ2) is 8.02. The van der Waals surface area contributed by atoms with Gasteiger partial charge in [-0.05, 0) is 41.1 Å². The molecule has 1 unspecified atom stereocenters. The zero-order valence-corrected chi connectivity index (χ0v) is 17.2. The van der Waals surface area contributed by atoms with Crippen molar-refractivity contribution in [1.82, 2.24) is 0 Å². The van der Waals surface area contributed by atoms with Gasteiger partial charge in [-0.25, -0.2) is 0 Å². The van der Waals surface area contributed by atoms with Crippen LogP contribution in [0, 0.1) is 0 Å². The van der Waals surface area contributed by atoms with E-state index in [0.29, 0.717) is 23.0 Å². The molecule has 3 heterocycles. The highest BCUT2D eigenvalue weighted by molar-refractivity contribution is 7.10. The van der Waals surface area contributed by atoms with Gasteiger partial charge in [-0.1, -0.05) is 17.7 Å². The van der Waals surface area contributed by atoms with E-state index < -0.39 is 0 Å². The van der Waals surface area contributed by atoms with Gasteiger partial charge in [0.25, 0.3) is 5.91 Å². The maximum Gasteiger partial charge on any atom is 0.279 e. The lowest BCUT2D eigenvalue weighted by atomic mass is 9.98. The molecule has 0 fully saturated rings. The fraction of sp³-hybridized carbons (Fsp3) is 0.250. The SMILES string of the molecule is COc1ccc(NC(=O)C[NH+]2CCc3sccc3[C@H]2c2cccs2)cc1Cl. The van der Waals surface area contributed by atoms with Crippen LogP contribution in [0.2, 0.25) is 5.02 Å². The van der Waals surface area contributed by atoms with Crippen LogP contribution in [0.5, 0.6) is 5.75 Å². The number of halogens is 1. The monoisotopic (exact) mass is 419 g/mol. The first-order valence-electron chi connectivity index (χ1n) is 8.73. The molecule has 27 heavy (non-hydrogen) atoms. The molecule has 0 aliphatic carbocycles. The maximum atomic E-state index is 12.7. The number of nitrogens with one attached hydrogen (secondary N) is 2. The molecule has 0 saturated heterocycles. The number of rotatable bonds is 5. The molecule has 0 bridgehead atoms. The lowest BCUT2D eigenvalue weighted by Crippen LogP contribution is -3.14. The van der Waals surface area contributed by atoms with Crippen molar-refractivity contribution in [3.05, 3.63) is 67.5 Å². The van der Waals surface area contributed by atoms with Gasteiger partial charge in [-0.3, -0.25) is 4.79 Å². The van der Waals surface area contributed by atoms with E-state index >= 15 is 0 Å². The molecule has 7 heteroatoms. The fourth-order valence-corrected chi connectivity index (χ4v) is 5.68. The van der Waals surface area contributed by atoms with E-state index in [-0.39, 0.29) is 11.9 Å². The van der Waals surface area contributed by atoms with Crippen molar-refractivity contribution < 1.29 is 14.4 Å². The first kappa shape index (κ1) is 18.5. The van der Waals surface area contributed by atoms with E-state index in [1.54, 1.807) is 30.6 Å². The quantitative estimate of drug-likeness (QED) is 0.663. The number of ether oxygens (including phenoxy) is 1. The zero-order valence-electron chi connectivity index (χ0n) is 14.8. The summed E-state index contributed by atoms with van der Waals surface area (Å²) in [4.78, 5) is 16.7. The van der Waals surface area contributed by atoms with E-state index in [9.17, 15) is 4.79 Å². The summed E-state index contributed by atoms with van der Waals surface area (Å²) in [5.41, 5.74) is 2.05. The Morgan fingerprint density at radius 1 is 1.30 bits per heavy atom. The van der Waals surface area contributed by atoms with Gasteiger partial charge in [-0.15, -0.1) is 22.7 Å². The summed E-state index contributed by atoms with van der Waals surface area (Å²) in [6.45, 7) is 1.37. The molecule has 1 aromatic carbocycles. The Labute approximate surface area is 171 Å². The number of methoxy groups -OCH3 is 1. The third-order valence-electron chi connectivity index (χ3n) is 4.82. The molecule has 1 aliphatic heterocycles. The second-order valence-electron chi connectivity index (χ2n) is 6.48. The van der Waals surface area contributed by atoms with E-state index in [2.05, 4.69) is 34.3 Å². The minimum absolute atomic E-state index is 0.00790. The third-order valence-corrected chi connectivity index (χ3v) is 7.05. The summed E-state index contributed by atoms with van der Waals surface area (Å²) in [7, 11) is 1.57. The van der Waals surface area contributed by atoms with Gasteiger partial charge in [0.15, 0.2) is 6.54 Å². The molecule has 140 valence electrons. The average Bonchev–Trinajstić information content (AvgIpc) is 3.33. The van der Waals surface area contributed by atoms with Gasteiger partial charge < -0.3 is 15.0 Å². The second-order valence-corrected chi connectivity index (χ2v) is 8.87. The molecule has 4 nitrogen and oxygen atoms in total. The van der Waals surface area contributed by atoms with Crippen molar-refractivity contribution in [3.63, 3.8) is 0 Å². The smallest absolute Gasteiger partial charge is 0.279 e. The normalized spacial score (nSPS) is 18.7. The number of carbonyl (C=O) groups excluding carboxylic acids is 1. The van der Waals surface area contributed by atoms with Crippen LogP contribution >= 0.6 is 34.3 Å². The maximum absolute atomic E-state index is 12.7. The first-order chi connectivity index (χ1) is 13.2. The van der Waals surface area contributed by atoms with Crippen molar-refractivity contribution in [2.24, 2.45) is 0 Å². The molecule has 4 rings (SSSR count). The summed E-state index contributed by atoms with van der Waals surface area (Å²) < 4.78 is 5.16. The number of hydrogen-bond donors (Lipinski definition) is 2. The van der Waals surface area contributed by atoms with E-state index in [0.717, 1.165) is 13.0 Å². The largest absolute Gasteiger partial charge is 0.495 e. The third kappa shape index (κ3) is 3.89. The molecule has 1 aliphatic rings. The van der Waals surface area contributed by atoms with Crippen molar-refractivity contribution in [3.8, 4) is 5.75 Å². The standard InChI is InChI=1S/C20H19ClN2O2S2/c1-25-16-5-4-13(11-15(16)21)22-19(24)12-23-8-6-17-14(7-10-27-17)20(23)18-3-2-9-26-18/h2-5,7,9-11,20H,6,8,12H2,1H3,(H,22,24)/p+1/t20-/m0/s1. The van der Waals surface area contributed by atoms with Gasteiger partial charge in [-0.2, -0.15) is 0 Å². The molecule has 3 aromatic rings. The Morgan fingerprint density at radius 3 is 2.93 bits per heavy atom. The summed E-state index contributed by atoms with van der Waals surface area (Å²) in [6.07, 6.45) is 1.02. The van der Waals surface area contributed by atoms with E-state index in [1.165, 1.54) is 20.2 Å². The van der Waals surface area contributed by atoms with Crippen LogP contribution in [0.3, 0.4) is 0 Å². The Bertz CT molecular complexity index is 939. The van der Waals surface area contributed by atoms with Crippen LogP contribution in [0.4, 0.5) is 5.69 Å². The van der Waals surface area contributed by atoms with Crippen LogP contribution in [0.1, 0.15) is 21.4 Å². The fourth-order valence-electron chi connectivity index (χ4n) is 3.61. The van der Waals surface area contributed by atoms with Crippen LogP contribution in [-0.2, 0) is 11.2 Å². The first-order valence-corrected chi connectivity index (χ1v) is 10.9. The predicted molar refractivity (Wildman–Crippen MR) is 112 cm³/mol. The molecular formula is C20H20ClN2O2S2+. The van der Waals surface area contributed by atoms with Gasteiger partial charge in [0.1, 0.15) is 11.8 Å². The van der Waals surface area contributed by atoms with Crippen LogP contribution in [-0.4, -0.2) is 26.1 Å². The highest BCUT2D eigenvalue weighted by Crippen LogP contribution is 2.31. The average molecular weight is 420 g/mol. The molecule has 2 N–H and O–H groups in total. The molecular weight excluding hydrogens is 400 g/mol. The van der Waals surface area contributed by atoms with Crippen LogP contribution in [0.25, 0.3) is 0 Å². The highest BCUT2D eigenvalue weighted by atomic mass is 35.5. The van der Waals surface area contributed by atoms with E-state index in [1.807, 2.05) is 17.4 Å². The number of carbonyl (C=O) groups is 1. The van der Waals surface area contributed by atoms with Crippen LogP contribution in [0.15, 0.2) is 47.2 Å². The minimum atomic E-state index is -0.00790.